The minimum atomic E-state index is -0.586. The lowest BCUT2D eigenvalue weighted by Crippen LogP contribution is -2.27. The number of esters is 2. The second kappa shape index (κ2) is 16.9. The van der Waals surface area contributed by atoms with E-state index in [-0.39, 0.29) is 41.6 Å². The Morgan fingerprint density at radius 2 is 1.76 bits per heavy atom. The maximum atomic E-state index is 11.9. The summed E-state index contributed by atoms with van der Waals surface area (Å²) >= 11 is 3.52. The summed E-state index contributed by atoms with van der Waals surface area (Å²) in [5, 5.41) is 10.8. The smallest absolute Gasteiger partial charge is 0.305 e. The van der Waals surface area contributed by atoms with Crippen molar-refractivity contribution in [3.63, 3.8) is 0 Å². The van der Waals surface area contributed by atoms with E-state index in [0.717, 1.165) is 24.3 Å². The largest absolute Gasteiger partial charge is 0.507 e. The number of benzene rings is 1. The number of aromatic hydroxyl groups is 1. The Kier molecular flexibility index (Phi) is 14.4. The third-order valence-electron chi connectivity index (χ3n) is 6.06. The molecule has 1 heterocycles. The molecule has 0 bridgehead atoms. The van der Waals surface area contributed by atoms with E-state index >= 15 is 0 Å². The molecule has 1 unspecified atom stereocenters. The van der Waals surface area contributed by atoms with Crippen LogP contribution in [0.25, 0.3) is 0 Å². The summed E-state index contributed by atoms with van der Waals surface area (Å²) < 4.78 is 22.3. The molecule has 1 atom stereocenters. The van der Waals surface area contributed by atoms with Gasteiger partial charge < -0.3 is 24.1 Å². The lowest BCUT2D eigenvalue weighted by atomic mass is 10.0. The van der Waals surface area contributed by atoms with Crippen molar-refractivity contribution in [2.75, 3.05) is 37.9 Å². The first-order valence-electron chi connectivity index (χ1n) is 13.4. The highest BCUT2D eigenvalue weighted by Crippen LogP contribution is 2.45. The van der Waals surface area contributed by atoms with Gasteiger partial charge in [-0.3, -0.25) is 14.4 Å². The van der Waals surface area contributed by atoms with Crippen molar-refractivity contribution < 1.29 is 38.4 Å². The van der Waals surface area contributed by atoms with Gasteiger partial charge in [0.2, 0.25) is 0 Å². The molecule has 0 aromatic heterocycles. The van der Waals surface area contributed by atoms with Crippen LogP contribution in [0.2, 0.25) is 0 Å². The fraction of sp³-hybridized carbons (Fsp3) is 0.679. The Hall–Kier alpha value is -1.91. The van der Waals surface area contributed by atoms with E-state index in [2.05, 4.69) is 0 Å². The van der Waals surface area contributed by atoms with E-state index in [4.69, 9.17) is 18.9 Å². The Balaban J connectivity index is 1.81. The highest BCUT2D eigenvalue weighted by atomic mass is 32.2. The highest BCUT2D eigenvalue weighted by Gasteiger charge is 2.41. The van der Waals surface area contributed by atoms with Crippen molar-refractivity contribution in [2.24, 2.45) is 0 Å². The van der Waals surface area contributed by atoms with Crippen molar-refractivity contribution in [3.8, 4) is 11.5 Å². The molecule has 0 aliphatic carbocycles. The van der Waals surface area contributed by atoms with Crippen molar-refractivity contribution in [2.45, 2.75) is 82.8 Å². The molecule has 1 aromatic rings. The quantitative estimate of drug-likeness (QED) is 0.137. The molecule has 0 spiro atoms. The molecule has 0 saturated carbocycles. The minimum absolute atomic E-state index is 0.0267. The van der Waals surface area contributed by atoms with Gasteiger partial charge in [-0.1, -0.05) is 13.3 Å². The van der Waals surface area contributed by atoms with Crippen LogP contribution in [0, 0.1) is 0 Å². The molecular weight excluding hydrogens is 528 g/mol. The molecule has 1 saturated heterocycles. The number of carbonyl (C=O) groups is 3. The number of hydrogen-bond acceptors (Lipinski definition) is 10. The highest BCUT2D eigenvalue weighted by molar-refractivity contribution is 8.04. The van der Waals surface area contributed by atoms with Gasteiger partial charge in [-0.15, -0.1) is 11.8 Å². The van der Waals surface area contributed by atoms with Gasteiger partial charge in [0.1, 0.15) is 16.4 Å². The van der Waals surface area contributed by atoms with Crippen LogP contribution in [0.15, 0.2) is 12.1 Å². The lowest BCUT2D eigenvalue weighted by Gasteiger charge is -2.27. The van der Waals surface area contributed by atoms with E-state index in [9.17, 15) is 19.5 Å². The fourth-order valence-corrected chi connectivity index (χ4v) is 6.95. The van der Waals surface area contributed by atoms with Gasteiger partial charge in [-0.05, 0) is 64.3 Å². The van der Waals surface area contributed by atoms with Crippen LogP contribution < -0.4 is 4.74 Å². The number of phenols is 1. The SMILES string of the molecule is CCCc1c(OCCCSCC2COC(CCC(=O)OCC)(CCC(=O)OCC)S2)ccc(C(C)=O)c1O. The summed E-state index contributed by atoms with van der Waals surface area (Å²) in [5.74, 6) is 1.78. The van der Waals surface area contributed by atoms with Gasteiger partial charge in [0.15, 0.2) is 5.78 Å². The van der Waals surface area contributed by atoms with Crippen molar-refractivity contribution in [1.82, 2.24) is 0 Å². The van der Waals surface area contributed by atoms with E-state index in [1.807, 2.05) is 18.7 Å². The average molecular weight is 571 g/mol. The molecule has 1 N–H and O–H groups in total. The third-order valence-corrected chi connectivity index (χ3v) is 9.08. The van der Waals surface area contributed by atoms with Crippen molar-refractivity contribution in [1.29, 1.82) is 0 Å². The molecule has 1 aliphatic heterocycles. The van der Waals surface area contributed by atoms with E-state index < -0.39 is 4.93 Å². The first-order valence-corrected chi connectivity index (χ1v) is 15.5. The zero-order valence-electron chi connectivity index (χ0n) is 23.0. The summed E-state index contributed by atoms with van der Waals surface area (Å²) in [7, 11) is 0. The van der Waals surface area contributed by atoms with Crippen LogP contribution in [0.5, 0.6) is 11.5 Å². The molecule has 10 heteroatoms. The lowest BCUT2D eigenvalue weighted by molar-refractivity contribution is -0.144. The summed E-state index contributed by atoms with van der Waals surface area (Å²) in [6, 6.07) is 3.39. The number of thioether (sulfide) groups is 2. The van der Waals surface area contributed by atoms with Crippen LogP contribution in [0.3, 0.4) is 0 Å². The van der Waals surface area contributed by atoms with E-state index in [1.54, 1.807) is 37.7 Å². The molecule has 1 fully saturated rings. The number of Topliss-reactive ketones (excluding diaryl/α,β-unsaturated/α-hetero) is 1. The zero-order valence-corrected chi connectivity index (χ0v) is 24.7. The Morgan fingerprint density at radius 3 is 2.34 bits per heavy atom. The maximum absolute atomic E-state index is 11.9. The monoisotopic (exact) mass is 570 g/mol. The summed E-state index contributed by atoms with van der Waals surface area (Å²) in [5.41, 5.74) is 1.02. The minimum Gasteiger partial charge on any atom is -0.507 e. The molecule has 0 radical (unpaired) electrons. The first kappa shape index (κ1) is 32.3. The second-order valence-corrected chi connectivity index (χ2v) is 11.9. The van der Waals surface area contributed by atoms with Gasteiger partial charge in [-0.2, -0.15) is 11.8 Å². The second-order valence-electron chi connectivity index (χ2n) is 9.09. The van der Waals surface area contributed by atoms with Gasteiger partial charge >= 0.3 is 11.9 Å². The van der Waals surface area contributed by atoms with Crippen LogP contribution >= 0.6 is 23.5 Å². The predicted molar refractivity (Wildman–Crippen MR) is 151 cm³/mol. The number of rotatable bonds is 18. The van der Waals surface area contributed by atoms with Crippen LogP contribution in [-0.2, 0) is 30.2 Å². The van der Waals surface area contributed by atoms with Crippen molar-refractivity contribution in [3.05, 3.63) is 23.3 Å². The molecule has 38 heavy (non-hydrogen) atoms. The Morgan fingerprint density at radius 1 is 1.11 bits per heavy atom. The standard InChI is InChI=1S/C28H42O8S2/c1-5-9-23-24(11-10-22(20(4)29)27(23)32)35-16-8-17-37-19-21-18-36-28(38-21,14-12-25(30)33-6-2)15-13-26(31)34-7-3/h10-11,21,32H,5-9,12-19H2,1-4H3. The Bertz CT molecular complexity index is 898. The van der Waals surface area contributed by atoms with Gasteiger partial charge in [0.05, 0.1) is 32.0 Å². The molecular formula is C28H42O8S2. The predicted octanol–water partition coefficient (Wildman–Crippen LogP) is 5.56. The number of ether oxygens (including phenoxy) is 4. The normalized spacial score (nSPS) is 16.3. The number of hydrogen-bond donors (Lipinski definition) is 1. The molecule has 1 aromatic carbocycles. The van der Waals surface area contributed by atoms with Gasteiger partial charge in [0.25, 0.3) is 0 Å². The Labute approximate surface area is 234 Å². The fourth-order valence-electron chi connectivity index (χ4n) is 4.22. The molecule has 0 amide bonds. The van der Waals surface area contributed by atoms with Crippen LogP contribution in [0.4, 0.5) is 0 Å². The zero-order chi connectivity index (χ0) is 28.0. The average Bonchev–Trinajstić information content (AvgIpc) is 3.29. The van der Waals surface area contributed by atoms with Crippen LogP contribution in [-0.4, -0.2) is 70.9 Å². The van der Waals surface area contributed by atoms with E-state index in [0.29, 0.717) is 62.6 Å². The maximum Gasteiger partial charge on any atom is 0.305 e. The molecule has 2 rings (SSSR count). The van der Waals surface area contributed by atoms with E-state index in [1.165, 1.54) is 6.92 Å². The first-order chi connectivity index (χ1) is 18.2. The summed E-state index contributed by atoms with van der Waals surface area (Å²) in [4.78, 5) is 35.0. The topological polar surface area (TPSA) is 108 Å². The van der Waals surface area contributed by atoms with Crippen molar-refractivity contribution >= 4 is 41.2 Å². The number of ketones is 1. The van der Waals surface area contributed by atoms with Gasteiger partial charge in [-0.25, -0.2) is 0 Å². The number of carbonyl (C=O) groups excluding carboxylic acids is 3. The summed E-state index contributed by atoms with van der Waals surface area (Å²) in [6.07, 6.45) is 3.82. The number of phenolic OH excluding ortho intramolecular Hbond substituents is 1. The molecule has 214 valence electrons. The molecule has 8 nitrogen and oxygen atoms in total. The molecule has 1 aliphatic rings. The summed E-state index contributed by atoms with van der Waals surface area (Å²) in [6.45, 7) is 8.81. The third kappa shape index (κ3) is 10.3. The van der Waals surface area contributed by atoms with Crippen LogP contribution in [0.1, 0.15) is 82.1 Å². The van der Waals surface area contributed by atoms with Gasteiger partial charge in [0, 0.05) is 29.4 Å².